The third-order valence-electron chi connectivity index (χ3n) is 2.74. The molecule has 22 heavy (non-hydrogen) atoms. The van der Waals surface area contributed by atoms with Crippen LogP contribution >= 0.6 is 0 Å². The van der Waals surface area contributed by atoms with E-state index < -0.39 is 17.7 Å². The second-order valence-electron chi connectivity index (χ2n) is 5.86. The fourth-order valence-corrected chi connectivity index (χ4v) is 1.76. The van der Waals surface area contributed by atoms with Crippen molar-refractivity contribution in [1.82, 2.24) is 10.6 Å². The molecule has 0 aromatic heterocycles. The minimum atomic E-state index is -0.667. The van der Waals surface area contributed by atoms with Crippen molar-refractivity contribution < 1.29 is 14.3 Å². The van der Waals surface area contributed by atoms with E-state index >= 15 is 0 Å². The van der Waals surface area contributed by atoms with Gasteiger partial charge in [-0.3, -0.25) is 4.79 Å². The van der Waals surface area contributed by atoms with Gasteiger partial charge in [-0.2, -0.15) is 0 Å². The quantitative estimate of drug-likeness (QED) is 0.879. The Labute approximate surface area is 131 Å². The van der Waals surface area contributed by atoms with E-state index in [0.717, 1.165) is 5.56 Å². The van der Waals surface area contributed by atoms with Gasteiger partial charge in [0.1, 0.15) is 11.6 Å². The zero-order valence-corrected chi connectivity index (χ0v) is 13.6. The molecule has 5 heteroatoms. The molecule has 1 atom stereocenters. The Bertz CT molecular complexity index is 518. The van der Waals surface area contributed by atoms with Crippen LogP contribution in [-0.4, -0.2) is 30.7 Å². The Morgan fingerprint density at radius 2 is 1.86 bits per heavy atom. The number of likely N-dealkylation sites (N-methyl/N-ethyl adjacent to an activating group) is 1. The van der Waals surface area contributed by atoms with Crippen LogP contribution in [0.15, 0.2) is 36.4 Å². The Morgan fingerprint density at radius 3 is 2.41 bits per heavy atom. The van der Waals surface area contributed by atoms with Crippen molar-refractivity contribution in [2.24, 2.45) is 0 Å². The molecule has 0 bridgehead atoms. The van der Waals surface area contributed by atoms with Gasteiger partial charge in [-0.15, -0.1) is 0 Å². The second-order valence-corrected chi connectivity index (χ2v) is 5.86. The average molecular weight is 304 g/mol. The summed E-state index contributed by atoms with van der Waals surface area (Å²) in [5.41, 5.74) is 0.437. The van der Waals surface area contributed by atoms with Crippen LogP contribution < -0.4 is 10.6 Å². The first-order valence-electron chi connectivity index (χ1n) is 7.24. The molecular weight excluding hydrogens is 280 g/mol. The van der Waals surface area contributed by atoms with Gasteiger partial charge in [-0.25, -0.2) is 4.79 Å². The van der Waals surface area contributed by atoms with Gasteiger partial charge in [-0.1, -0.05) is 42.5 Å². The van der Waals surface area contributed by atoms with Crippen LogP contribution in [0, 0.1) is 0 Å². The molecule has 1 unspecified atom stereocenters. The van der Waals surface area contributed by atoms with E-state index in [1.165, 1.54) is 7.05 Å². The highest BCUT2D eigenvalue weighted by molar-refractivity contribution is 5.85. The maximum atomic E-state index is 11.8. The Balaban J connectivity index is 2.63. The van der Waals surface area contributed by atoms with Crippen LogP contribution in [0.25, 0.3) is 6.08 Å². The highest BCUT2D eigenvalue weighted by atomic mass is 16.6. The first-order chi connectivity index (χ1) is 10.3. The van der Waals surface area contributed by atoms with Gasteiger partial charge in [0.2, 0.25) is 5.91 Å². The lowest BCUT2D eigenvalue weighted by Crippen LogP contribution is -2.47. The molecule has 5 nitrogen and oxygen atoms in total. The number of hydrogen-bond donors (Lipinski definition) is 2. The molecule has 0 fully saturated rings. The van der Waals surface area contributed by atoms with Crippen LogP contribution in [0.2, 0.25) is 0 Å². The summed E-state index contributed by atoms with van der Waals surface area (Å²) in [6, 6.07) is 9.08. The molecule has 1 aromatic carbocycles. The monoisotopic (exact) mass is 304 g/mol. The lowest BCUT2D eigenvalue weighted by molar-refractivity contribution is -0.122. The van der Waals surface area contributed by atoms with Crippen molar-refractivity contribution in [1.29, 1.82) is 0 Å². The summed E-state index contributed by atoms with van der Waals surface area (Å²) in [4.78, 5) is 23.6. The molecule has 2 amide bonds. The van der Waals surface area contributed by atoms with E-state index in [1.807, 2.05) is 42.5 Å². The maximum Gasteiger partial charge on any atom is 0.408 e. The van der Waals surface area contributed by atoms with Crippen LogP contribution in [-0.2, 0) is 9.53 Å². The first kappa shape index (κ1) is 17.8. The number of carbonyl (C=O) groups excluding carboxylic acids is 2. The largest absolute Gasteiger partial charge is 0.444 e. The van der Waals surface area contributed by atoms with Crippen molar-refractivity contribution >= 4 is 18.1 Å². The Morgan fingerprint density at radius 1 is 1.23 bits per heavy atom. The fourth-order valence-electron chi connectivity index (χ4n) is 1.76. The van der Waals surface area contributed by atoms with E-state index in [-0.39, 0.29) is 5.91 Å². The zero-order chi connectivity index (χ0) is 16.6. The van der Waals surface area contributed by atoms with Gasteiger partial charge in [0, 0.05) is 7.05 Å². The minimum absolute atomic E-state index is 0.261. The van der Waals surface area contributed by atoms with Crippen molar-refractivity contribution in [2.75, 3.05) is 7.05 Å². The zero-order valence-electron chi connectivity index (χ0n) is 13.6. The van der Waals surface area contributed by atoms with Gasteiger partial charge < -0.3 is 15.4 Å². The molecule has 0 heterocycles. The molecule has 0 aliphatic rings. The van der Waals surface area contributed by atoms with E-state index in [0.29, 0.717) is 6.42 Å². The molecule has 0 saturated heterocycles. The molecule has 0 saturated carbocycles. The molecule has 1 rings (SSSR count). The lowest BCUT2D eigenvalue weighted by atomic mass is 10.1. The van der Waals surface area contributed by atoms with Gasteiger partial charge in [0.05, 0.1) is 0 Å². The number of carbonyl (C=O) groups is 2. The van der Waals surface area contributed by atoms with Crippen molar-refractivity contribution in [2.45, 2.75) is 38.8 Å². The molecular formula is C17H24N2O3. The third-order valence-corrected chi connectivity index (χ3v) is 2.74. The second kappa shape index (κ2) is 8.22. The molecule has 0 aliphatic heterocycles. The highest BCUT2D eigenvalue weighted by Crippen LogP contribution is 2.08. The van der Waals surface area contributed by atoms with E-state index in [4.69, 9.17) is 4.74 Å². The number of nitrogens with one attached hydrogen (secondary N) is 2. The van der Waals surface area contributed by atoms with Gasteiger partial charge >= 0.3 is 6.09 Å². The predicted molar refractivity (Wildman–Crippen MR) is 87.3 cm³/mol. The maximum absolute atomic E-state index is 11.8. The molecule has 120 valence electrons. The summed E-state index contributed by atoms with van der Waals surface area (Å²) in [7, 11) is 1.53. The number of amides is 2. The predicted octanol–water partition coefficient (Wildman–Crippen LogP) is 2.73. The summed E-state index contributed by atoms with van der Waals surface area (Å²) < 4.78 is 5.17. The topological polar surface area (TPSA) is 67.4 Å². The summed E-state index contributed by atoms with van der Waals surface area (Å²) in [5.74, 6) is -0.261. The summed E-state index contributed by atoms with van der Waals surface area (Å²) in [6.45, 7) is 5.32. The normalized spacial score (nSPS) is 12.7. The number of hydrogen-bond acceptors (Lipinski definition) is 3. The van der Waals surface area contributed by atoms with Gasteiger partial charge in [0.25, 0.3) is 0 Å². The van der Waals surface area contributed by atoms with Crippen LogP contribution in [0.4, 0.5) is 4.79 Å². The smallest absolute Gasteiger partial charge is 0.408 e. The van der Waals surface area contributed by atoms with Crippen LogP contribution in [0.1, 0.15) is 32.8 Å². The van der Waals surface area contributed by atoms with Crippen molar-refractivity contribution in [3.05, 3.63) is 42.0 Å². The Hall–Kier alpha value is -2.30. The first-order valence-corrected chi connectivity index (χ1v) is 7.24. The number of benzene rings is 1. The van der Waals surface area contributed by atoms with Gasteiger partial charge in [-0.05, 0) is 32.8 Å². The summed E-state index contributed by atoms with van der Waals surface area (Å²) >= 11 is 0. The van der Waals surface area contributed by atoms with Crippen molar-refractivity contribution in [3.8, 4) is 0 Å². The van der Waals surface area contributed by atoms with Crippen LogP contribution in [0.3, 0.4) is 0 Å². The number of alkyl carbamates (subject to hydrolysis) is 1. The lowest BCUT2D eigenvalue weighted by Gasteiger charge is -2.22. The summed E-state index contributed by atoms with van der Waals surface area (Å²) in [6.07, 6.45) is 3.54. The molecule has 0 radical (unpaired) electrons. The minimum Gasteiger partial charge on any atom is -0.444 e. The summed E-state index contributed by atoms with van der Waals surface area (Å²) in [5, 5.41) is 5.12. The fraction of sp³-hybridized carbons (Fsp3) is 0.412. The average Bonchev–Trinajstić information content (AvgIpc) is 2.44. The third kappa shape index (κ3) is 6.92. The Kier molecular flexibility index (Phi) is 6.63. The molecule has 0 aliphatic carbocycles. The van der Waals surface area contributed by atoms with Crippen LogP contribution in [0.5, 0.6) is 0 Å². The molecule has 0 spiro atoms. The molecule has 2 N–H and O–H groups in total. The highest BCUT2D eigenvalue weighted by Gasteiger charge is 2.22. The van der Waals surface area contributed by atoms with Gasteiger partial charge in [0.15, 0.2) is 0 Å². The van der Waals surface area contributed by atoms with Crippen molar-refractivity contribution in [3.63, 3.8) is 0 Å². The number of ether oxygens (including phenoxy) is 1. The van der Waals surface area contributed by atoms with E-state index in [2.05, 4.69) is 10.6 Å². The standard InChI is InChI=1S/C17H24N2O3/c1-17(2,3)22-16(21)19-14(15(20)18-4)12-8-11-13-9-6-5-7-10-13/h5-11,14H,12H2,1-4H3,(H,18,20)(H,19,21). The number of rotatable bonds is 5. The SMILES string of the molecule is CNC(=O)C(CC=Cc1ccccc1)NC(=O)OC(C)(C)C. The molecule has 1 aromatic rings. The van der Waals surface area contributed by atoms with E-state index in [9.17, 15) is 9.59 Å². The van der Waals surface area contributed by atoms with E-state index in [1.54, 1.807) is 20.8 Å².